The van der Waals surface area contributed by atoms with Crippen LogP contribution in [0.2, 0.25) is 0 Å². The van der Waals surface area contributed by atoms with Crippen LogP contribution < -0.4 is 5.73 Å². The molecule has 0 saturated carbocycles. The lowest BCUT2D eigenvalue weighted by Gasteiger charge is -1.95. The molecule has 0 bridgehead atoms. The molecule has 0 fully saturated rings. The summed E-state index contributed by atoms with van der Waals surface area (Å²) >= 11 is 0. The molecule has 0 spiro atoms. The van der Waals surface area contributed by atoms with Gasteiger partial charge in [0.1, 0.15) is 0 Å². The van der Waals surface area contributed by atoms with E-state index in [2.05, 4.69) is 20.4 Å². The fraction of sp³-hybridized carbons (Fsp3) is 0.700. The van der Waals surface area contributed by atoms with Gasteiger partial charge < -0.3 is 10.5 Å². The van der Waals surface area contributed by atoms with Crippen LogP contribution in [0.3, 0.4) is 0 Å². The van der Waals surface area contributed by atoms with Gasteiger partial charge >= 0.3 is 0 Å². The Kier molecular flexibility index (Phi) is 12.6. The summed E-state index contributed by atoms with van der Waals surface area (Å²) < 4.78 is 5.13. The van der Waals surface area contributed by atoms with Crippen LogP contribution >= 0.6 is 0 Å². The number of carbonyl (C=O) groups excluding carboxylic acids is 1. The Hall–Kier alpha value is -0.830. The van der Waals surface area contributed by atoms with Crippen molar-refractivity contribution < 1.29 is 9.53 Å². The zero-order chi connectivity index (χ0) is 10.7. The minimum atomic E-state index is -0.435. The van der Waals surface area contributed by atoms with Crippen molar-refractivity contribution in [2.45, 2.75) is 33.6 Å². The van der Waals surface area contributed by atoms with Gasteiger partial charge in [-0.15, -0.1) is 0 Å². The Morgan fingerprint density at radius 2 is 1.62 bits per heavy atom. The lowest BCUT2D eigenvalue weighted by molar-refractivity contribution is -0.114. The van der Waals surface area contributed by atoms with Crippen LogP contribution in [0, 0.1) is 0 Å². The molecule has 0 rings (SSSR count). The molecule has 78 valence electrons. The maximum Gasteiger partial charge on any atom is 0.243 e. The number of nitrogens with two attached hydrogens (primary N) is 1. The number of rotatable bonds is 5. The van der Waals surface area contributed by atoms with E-state index in [0.29, 0.717) is 5.57 Å². The molecule has 0 aliphatic heterocycles. The van der Waals surface area contributed by atoms with Crippen LogP contribution in [0.5, 0.6) is 0 Å². The van der Waals surface area contributed by atoms with Gasteiger partial charge in [0.2, 0.25) is 5.91 Å². The maximum absolute atomic E-state index is 9.82. The molecule has 3 heteroatoms. The molecule has 0 aromatic carbocycles. The summed E-state index contributed by atoms with van der Waals surface area (Å²) in [6.07, 6.45) is 2.28. The van der Waals surface area contributed by atoms with Gasteiger partial charge in [-0.05, 0) is 19.8 Å². The first-order chi connectivity index (χ1) is 6.06. The highest BCUT2D eigenvalue weighted by atomic mass is 16.5. The van der Waals surface area contributed by atoms with E-state index in [1.165, 1.54) is 0 Å². The van der Waals surface area contributed by atoms with Crippen LogP contribution in [0.1, 0.15) is 33.6 Å². The SMILES string of the molecule is C=C(C)C(N)=O.CCCOCCC. The van der Waals surface area contributed by atoms with Crippen molar-refractivity contribution in [1.82, 2.24) is 0 Å². The highest BCUT2D eigenvalue weighted by Gasteiger charge is 1.86. The molecule has 0 heterocycles. The second-order valence-electron chi connectivity index (χ2n) is 2.76. The van der Waals surface area contributed by atoms with Gasteiger partial charge in [-0.1, -0.05) is 20.4 Å². The molecule has 0 saturated heterocycles. The van der Waals surface area contributed by atoms with Crippen molar-refractivity contribution in [1.29, 1.82) is 0 Å². The number of ether oxygens (including phenoxy) is 1. The van der Waals surface area contributed by atoms with Crippen molar-refractivity contribution in [3.05, 3.63) is 12.2 Å². The van der Waals surface area contributed by atoms with Gasteiger partial charge in [0.15, 0.2) is 0 Å². The first kappa shape index (κ1) is 14.7. The molecule has 0 aromatic rings. The van der Waals surface area contributed by atoms with Crippen molar-refractivity contribution in [3.63, 3.8) is 0 Å². The normalized spacial score (nSPS) is 8.54. The molecule has 1 amide bonds. The quantitative estimate of drug-likeness (QED) is 0.527. The fourth-order valence-electron chi connectivity index (χ4n) is 0.391. The second-order valence-corrected chi connectivity index (χ2v) is 2.76. The lowest BCUT2D eigenvalue weighted by atomic mass is 10.3. The molecule has 13 heavy (non-hydrogen) atoms. The molecule has 0 atom stereocenters. The third kappa shape index (κ3) is 18.3. The molecular formula is C10H21NO2. The van der Waals surface area contributed by atoms with Gasteiger partial charge in [-0.25, -0.2) is 0 Å². The Morgan fingerprint density at radius 1 is 1.31 bits per heavy atom. The van der Waals surface area contributed by atoms with Crippen LogP contribution in [0.25, 0.3) is 0 Å². The first-order valence-corrected chi connectivity index (χ1v) is 4.59. The van der Waals surface area contributed by atoms with E-state index >= 15 is 0 Å². The highest BCUT2D eigenvalue weighted by Crippen LogP contribution is 1.81. The lowest BCUT2D eigenvalue weighted by Crippen LogP contribution is -2.10. The van der Waals surface area contributed by atoms with E-state index in [0.717, 1.165) is 26.1 Å². The molecular weight excluding hydrogens is 166 g/mol. The van der Waals surface area contributed by atoms with Gasteiger partial charge in [0.05, 0.1) is 0 Å². The molecule has 0 aromatic heterocycles. The monoisotopic (exact) mass is 187 g/mol. The van der Waals surface area contributed by atoms with Crippen LogP contribution in [0.4, 0.5) is 0 Å². The standard InChI is InChI=1S/C6H14O.C4H7NO/c1-3-5-7-6-4-2;1-3(2)4(5)6/h3-6H2,1-2H3;1H2,2H3,(H2,5,6). The van der Waals surface area contributed by atoms with E-state index in [1.54, 1.807) is 6.92 Å². The fourth-order valence-corrected chi connectivity index (χ4v) is 0.391. The molecule has 0 radical (unpaired) electrons. The Balaban J connectivity index is 0. The molecule has 0 unspecified atom stereocenters. The third-order valence-electron chi connectivity index (χ3n) is 1.12. The van der Waals surface area contributed by atoms with Crippen molar-refractivity contribution in [2.24, 2.45) is 5.73 Å². The molecule has 3 nitrogen and oxygen atoms in total. The predicted octanol–water partition coefficient (Wildman–Crippen LogP) is 1.87. The van der Waals surface area contributed by atoms with Crippen LogP contribution in [-0.2, 0) is 9.53 Å². The average Bonchev–Trinajstić information content (AvgIpc) is 2.06. The number of carbonyl (C=O) groups is 1. The largest absolute Gasteiger partial charge is 0.381 e. The summed E-state index contributed by atoms with van der Waals surface area (Å²) in [4.78, 5) is 9.82. The van der Waals surface area contributed by atoms with E-state index < -0.39 is 5.91 Å². The Labute approximate surface area is 81.0 Å². The zero-order valence-corrected chi connectivity index (χ0v) is 8.93. The van der Waals surface area contributed by atoms with E-state index in [-0.39, 0.29) is 0 Å². The van der Waals surface area contributed by atoms with Crippen LogP contribution in [-0.4, -0.2) is 19.1 Å². The summed E-state index contributed by atoms with van der Waals surface area (Å²) in [7, 11) is 0. The Bertz CT molecular complexity index is 128. The smallest absolute Gasteiger partial charge is 0.243 e. The summed E-state index contributed by atoms with van der Waals surface area (Å²) in [5.41, 5.74) is 5.09. The molecule has 0 aliphatic carbocycles. The maximum atomic E-state index is 9.82. The first-order valence-electron chi connectivity index (χ1n) is 4.59. The van der Waals surface area contributed by atoms with Crippen molar-refractivity contribution in [3.8, 4) is 0 Å². The van der Waals surface area contributed by atoms with E-state index in [1.807, 2.05) is 0 Å². The zero-order valence-electron chi connectivity index (χ0n) is 8.93. The van der Waals surface area contributed by atoms with Crippen molar-refractivity contribution >= 4 is 5.91 Å². The van der Waals surface area contributed by atoms with Gasteiger partial charge in [-0.2, -0.15) is 0 Å². The second kappa shape index (κ2) is 11.2. The molecule has 0 aliphatic rings. The topological polar surface area (TPSA) is 52.3 Å². The predicted molar refractivity (Wildman–Crippen MR) is 55.4 cm³/mol. The molecule has 2 N–H and O–H groups in total. The number of amides is 1. The third-order valence-corrected chi connectivity index (χ3v) is 1.12. The van der Waals surface area contributed by atoms with Gasteiger partial charge in [-0.3, -0.25) is 4.79 Å². The summed E-state index contributed by atoms with van der Waals surface area (Å²) in [5.74, 6) is -0.435. The minimum absolute atomic E-state index is 0.398. The summed E-state index contributed by atoms with van der Waals surface area (Å²) in [6.45, 7) is 10.9. The van der Waals surface area contributed by atoms with Crippen molar-refractivity contribution in [2.75, 3.05) is 13.2 Å². The Morgan fingerprint density at radius 3 is 1.77 bits per heavy atom. The van der Waals surface area contributed by atoms with Crippen LogP contribution in [0.15, 0.2) is 12.2 Å². The average molecular weight is 187 g/mol. The van der Waals surface area contributed by atoms with Gasteiger partial charge in [0.25, 0.3) is 0 Å². The van der Waals surface area contributed by atoms with E-state index in [9.17, 15) is 4.79 Å². The van der Waals surface area contributed by atoms with E-state index in [4.69, 9.17) is 10.5 Å². The number of hydrogen-bond donors (Lipinski definition) is 1. The number of hydrogen-bond acceptors (Lipinski definition) is 2. The van der Waals surface area contributed by atoms with Gasteiger partial charge in [0, 0.05) is 18.8 Å². The number of primary amides is 1. The highest BCUT2D eigenvalue weighted by molar-refractivity contribution is 5.90. The summed E-state index contributed by atoms with van der Waals surface area (Å²) in [5, 5.41) is 0. The minimum Gasteiger partial charge on any atom is -0.381 e. The summed E-state index contributed by atoms with van der Waals surface area (Å²) in [6, 6.07) is 0.